The molecule has 1 aliphatic carbocycles. The number of ether oxygens (including phenoxy) is 1. The van der Waals surface area contributed by atoms with E-state index >= 15 is 0 Å². The Morgan fingerprint density at radius 3 is 2.25 bits per heavy atom. The van der Waals surface area contributed by atoms with Crippen molar-refractivity contribution < 1.29 is 13.7 Å². The van der Waals surface area contributed by atoms with Crippen LogP contribution < -0.4 is 10.6 Å². The molecule has 1 aliphatic heterocycles. The van der Waals surface area contributed by atoms with Crippen molar-refractivity contribution in [1.29, 1.82) is 0 Å². The third kappa shape index (κ3) is 5.05. The van der Waals surface area contributed by atoms with Gasteiger partial charge in [0.15, 0.2) is 0 Å². The average molecular weight is 302 g/mol. The summed E-state index contributed by atoms with van der Waals surface area (Å²) in [5, 5.41) is 6.50. The third-order valence-electron chi connectivity index (χ3n) is 3.72. The molecule has 6 heteroatoms. The SMILES string of the molecule is CC(C)(C)OC(=O)NC1CC(NC2CCS(=O)CC2)C1. The van der Waals surface area contributed by atoms with Crippen LogP contribution in [0.3, 0.4) is 0 Å². The number of alkyl carbamates (subject to hydrolysis) is 1. The Hall–Kier alpha value is -0.620. The average Bonchev–Trinajstić information content (AvgIpc) is 2.26. The lowest BCUT2D eigenvalue weighted by atomic mass is 9.86. The van der Waals surface area contributed by atoms with Gasteiger partial charge in [0, 0.05) is 40.4 Å². The van der Waals surface area contributed by atoms with E-state index in [1.807, 2.05) is 20.8 Å². The van der Waals surface area contributed by atoms with Crippen molar-refractivity contribution in [2.75, 3.05) is 11.5 Å². The molecule has 0 bridgehead atoms. The van der Waals surface area contributed by atoms with Gasteiger partial charge in [-0.15, -0.1) is 0 Å². The summed E-state index contributed by atoms with van der Waals surface area (Å²) >= 11 is 0. The van der Waals surface area contributed by atoms with Crippen molar-refractivity contribution in [2.24, 2.45) is 0 Å². The van der Waals surface area contributed by atoms with Crippen LogP contribution in [-0.4, -0.2) is 45.5 Å². The van der Waals surface area contributed by atoms with Crippen LogP contribution in [0.2, 0.25) is 0 Å². The molecule has 0 unspecified atom stereocenters. The van der Waals surface area contributed by atoms with Crippen molar-refractivity contribution in [3.8, 4) is 0 Å². The van der Waals surface area contributed by atoms with E-state index in [2.05, 4.69) is 10.6 Å². The lowest BCUT2D eigenvalue weighted by molar-refractivity contribution is 0.0462. The summed E-state index contributed by atoms with van der Waals surface area (Å²) in [5.74, 6) is 1.65. The van der Waals surface area contributed by atoms with E-state index in [9.17, 15) is 9.00 Å². The Morgan fingerprint density at radius 2 is 1.70 bits per heavy atom. The van der Waals surface area contributed by atoms with Gasteiger partial charge in [-0.25, -0.2) is 4.79 Å². The predicted molar refractivity (Wildman–Crippen MR) is 80.2 cm³/mol. The first kappa shape index (κ1) is 15.8. The first-order chi connectivity index (χ1) is 9.32. The van der Waals surface area contributed by atoms with Crippen LogP contribution >= 0.6 is 0 Å². The van der Waals surface area contributed by atoms with Gasteiger partial charge in [-0.1, -0.05) is 0 Å². The first-order valence-corrected chi connectivity index (χ1v) is 8.91. The van der Waals surface area contributed by atoms with Gasteiger partial charge in [-0.05, 0) is 46.5 Å². The molecule has 1 amide bonds. The second kappa shape index (κ2) is 6.43. The minimum Gasteiger partial charge on any atom is -0.444 e. The van der Waals surface area contributed by atoms with E-state index < -0.39 is 16.4 Å². The first-order valence-electron chi connectivity index (χ1n) is 7.42. The molecule has 1 saturated carbocycles. The molecule has 5 nitrogen and oxygen atoms in total. The number of nitrogens with one attached hydrogen (secondary N) is 2. The number of hydrogen-bond donors (Lipinski definition) is 2. The molecule has 1 heterocycles. The molecule has 0 atom stereocenters. The van der Waals surface area contributed by atoms with Crippen LogP contribution in [0, 0.1) is 0 Å². The zero-order valence-electron chi connectivity index (χ0n) is 12.6. The lowest BCUT2D eigenvalue weighted by Crippen LogP contribution is -2.55. The molecule has 2 N–H and O–H groups in total. The van der Waals surface area contributed by atoms with Crippen molar-refractivity contribution in [2.45, 2.75) is 70.2 Å². The number of rotatable bonds is 3. The summed E-state index contributed by atoms with van der Waals surface area (Å²) in [7, 11) is -0.598. The van der Waals surface area contributed by atoms with E-state index in [-0.39, 0.29) is 12.1 Å². The highest BCUT2D eigenvalue weighted by molar-refractivity contribution is 7.85. The predicted octanol–water partition coefficient (Wildman–Crippen LogP) is 1.54. The summed E-state index contributed by atoms with van der Waals surface area (Å²) < 4.78 is 16.5. The molecule has 0 aromatic heterocycles. The number of hydrogen-bond acceptors (Lipinski definition) is 4. The lowest BCUT2D eigenvalue weighted by Gasteiger charge is -2.39. The number of carbonyl (C=O) groups excluding carboxylic acids is 1. The molecule has 2 aliphatic rings. The molecule has 0 aromatic rings. The highest BCUT2D eigenvalue weighted by atomic mass is 32.2. The van der Waals surface area contributed by atoms with Crippen molar-refractivity contribution in [3.05, 3.63) is 0 Å². The molecular formula is C14H26N2O3S. The highest BCUT2D eigenvalue weighted by Gasteiger charge is 2.33. The Bertz CT molecular complexity index is 365. The molecule has 1 saturated heterocycles. The zero-order valence-corrected chi connectivity index (χ0v) is 13.4. The zero-order chi connectivity index (χ0) is 14.8. The monoisotopic (exact) mass is 302 g/mol. The molecule has 0 aromatic carbocycles. The molecule has 20 heavy (non-hydrogen) atoms. The summed E-state index contributed by atoms with van der Waals surface area (Å²) in [5.41, 5.74) is -0.441. The molecule has 2 rings (SSSR count). The van der Waals surface area contributed by atoms with Crippen LogP contribution in [0.1, 0.15) is 46.5 Å². The maximum absolute atomic E-state index is 11.6. The molecule has 116 valence electrons. The number of carbonyl (C=O) groups is 1. The highest BCUT2D eigenvalue weighted by Crippen LogP contribution is 2.23. The van der Waals surface area contributed by atoms with Crippen LogP contribution in [0.25, 0.3) is 0 Å². The molecule has 0 radical (unpaired) electrons. The second-order valence-corrected chi connectivity index (χ2v) is 8.50. The maximum atomic E-state index is 11.6. The fraction of sp³-hybridized carbons (Fsp3) is 0.929. The Labute approximate surface area is 123 Å². The van der Waals surface area contributed by atoms with Gasteiger partial charge < -0.3 is 15.4 Å². The largest absolute Gasteiger partial charge is 0.444 e. The van der Waals surface area contributed by atoms with E-state index in [1.165, 1.54) is 0 Å². The smallest absolute Gasteiger partial charge is 0.407 e. The summed E-state index contributed by atoms with van der Waals surface area (Å²) in [4.78, 5) is 11.6. The number of amides is 1. The molecule has 0 spiro atoms. The third-order valence-corrected chi connectivity index (χ3v) is 5.10. The van der Waals surface area contributed by atoms with Crippen LogP contribution in [0.15, 0.2) is 0 Å². The van der Waals surface area contributed by atoms with Gasteiger partial charge in [0.05, 0.1) is 0 Å². The van der Waals surface area contributed by atoms with Crippen LogP contribution in [0.4, 0.5) is 4.79 Å². The van der Waals surface area contributed by atoms with Gasteiger partial charge in [-0.2, -0.15) is 0 Å². The van der Waals surface area contributed by atoms with Gasteiger partial charge >= 0.3 is 6.09 Å². The topological polar surface area (TPSA) is 67.4 Å². The van der Waals surface area contributed by atoms with Crippen molar-refractivity contribution in [1.82, 2.24) is 10.6 Å². The minimum absolute atomic E-state index is 0.222. The van der Waals surface area contributed by atoms with Gasteiger partial charge in [0.1, 0.15) is 5.60 Å². The minimum atomic E-state index is -0.598. The Morgan fingerprint density at radius 1 is 1.10 bits per heavy atom. The summed E-state index contributed by atoms with van der Waals surface area (Å²) in [6.45, 7) is 5.60. The van der Waals surface area contributed by atoms with Gasteiger partial charge in [-0.3, -0.25) is 4.21 Å². The fourth-order valence-electron chi connectivity index (χ4n) is 2.64. The molecule has 2 fully saturated rings. The molecular weight excluding hydrogens is 276 g/mol. The fourth-order valence-corrected chi connectivity index (χ4v) is 3.94. The quantitative estimate of drug-likeness (QED) is 0.830. The summed E-state index contributed by atoms with van der Waals surface area (Å²) in [6.07, 6.45) is 3.60. The van der Waals surface area contributed by atoms with E-state index in [1.54, 1.807) is 0 Å². The van der Waals surface area contributed by atoms with E-state index in [0.717, 1.165) is 37.2 Å². The van der Waals surface area contributed by atoms with Crippen LogP contribution in [-0.2, 0) is 15.5 Å². The van der Waals surface area contributed by atoms with E-state index in [0.29, 0.717) is 12.1 Å². The van der Waals surface area contributed by atoms with Gasteiger partial charge in [0.25, 0.3) is 0 Å². The standard InChI is InChI=1S/C14H26N2O3S/c1-14(2,3)19-13(17)16-12-8-11(9-12)15-10-4-6-20(18)7-5-10/h10-12,15H,4-9H2,1-3H3,(H,16,17). The second-order valence-electron chi connectivity index (χ2n) is 6.80. The van der Waals surface area contributed by atoms with Gasteiger partial charge in [0.2, 0.25) is 0 Å². The van der Waals surface area contributed by atoms with E-state index in [4.69, 9.17) is 4.74 Å². The summed E-state index contributed by atoms with van der Waals surface area (Å²) in [6, 6.07) is 1.20. The van der Waals surface area contributed by atoms with Crippen LogP contribution in [0.5, 0.6) is 0 Å². The Kier molecular flexibility index (Phi) is 5.07. The van der Waals surface area contributed by atoms with Crippen molar-refractivity contribution >= 4 is 16.9 Å². The Balaban J connectivity index is 1.60. The van der Waals surface area contributed by atoms with Crippen molar-refractivity contribution in [3.63, 3.8) is 0 Å². The normalized spacial score (nSPS) is 34.1. The maximum Gasteiger partial charge on any atom is 0.407 e.